The number of carbonyl (C=O) groups is 1. The van der Waals surface area contributed by atoms with Gasteiger partial charge in [-0.3, -0.25) is 4.79 Å². The maximum absolute atomic E-state index is 12.1. The van der Waals surface area contributed by atoms with Crippen molar-refractivity contribution in [3.63, 3.8) is 0 Å². The largest absolute Gasteiger partial charge is 0.497 e. The highest BCUT2D eigenvalue weighted by atomic mass is 16.6. The lowest BCUT2D eigenvalue weighted by Crippen LogP contribution is -2.43. The Balaban J connectivity index is 1.90. The molecule has 0 N–H and O–H groups in total. The van der Waals surface area contributed by atoms with Crippen LogP contribution in [0.4, 0.5) is 0 Å². The van der Waals surface area contributed by atoms with Crippen LogP contribution in [0.2, 0.25) is 0 Å². The summed E-state index contributed by atoms with van der Waals surface area (Å²) in [5.74, 6) is 1.34. The quantitative estimate of drug-likeness (QED) is 0.597. The second-order valence-corrected chi connectivity index (χ2v) is 5.55. The van der Waals surface area contributed by atoms with Crippen LogP contribution in [-0.2, 0) is 9.63 Å². The summed E-state index contributed by atoms with van der Waals surface area (Å²) in [6.45, 7) is 2.82. The predicted octanol–water partition coefficient (Wildman–Crippen LogP) is 2.46. The zero-order valence-corrected chi connectivity index (χ0v) is 13.9. The van der Waals surface area contributed by atoms with Gasteiger partial charge in [-0.25, -0.2) is 0 Å². The number of hydrogen-bond donors (Lipinski definition) is 0. The van der Waals surface area contributed by atoms with E-state index in [-0.39, 0.29) is 18.6 Å². The summed E-state index contributed by atoms with van der Waals surface area (Å²) < 4.78 is 10.4. The number of ether oxygens (including phenoxy) is 2. The first kappa shape index (κ1) is 17.1. The van der Waals surface area contributed by atoms with Crippen LogP contribution in [0.3, 0.4) is 0 Å². The Morgan fingerprint density at radius 3 is 2.87 bits per heavy atom. The topological polar surface area (TPSA) is 60.4 Å². The molecular formula is C17H24N2O4. The van der Waals surface area contributed by atoms with Crippen molar-refractivity contribution < 1.29 is 19.1 Å². The van der Waals surface area contributed by atoms with E-state index in [0.29, 0.717) is 11.5 Å². The van der Waals surface area contributed by atoms with Gasteiger partial charge in [-0.1, -0.05) is 5.16 Å². The van der Waals surface area contributed by atoms with Gasteiger partial charge < -0.3 is 19.2 Å². The molecule has 0 bridgehead atoms. The van der Waals surface area contributed by atoms with E-state index >= 15 is 0 Å². The van der Waals surface area contributed by atoms with Gasteiger partial charge in [0.1, 0.15) is 11.5 Å². The lowest BCUT2D eigenvalue weighted by Gasteiger charge is -2.32. The summed E-state index contributed by atoms with van der Waals surface area (Å²) in [6.07, 6.45) is 4.81. The molecule has 0 saturated carbocycles. The molecule has 1 aromatic rings. The molecule has 6 heteroatoms. The SMILES string of the molecule is COc1ccc(OC)c(/C=N\OCC(=O)N2CCCC[C@H]2C)c1. The van der Waals surface area contributed by atoms with Gasteiger partial charge in [0.25, 0.3) is 5.91 Å². The zero-order valence-electron chi connectivity index (χ0n) is 13.9. The van der Waals surface area contributed by atoms with Crippen LogP contribution in [-0.4, -0.2) is 50.4 Å². The average Bonchev–Trinajstić information content (AvgIpc) is 2.58. The number of rotatable bonds is 6. The minimum absolute atomic E-state index is 0.0213. The molecule has 1 aromatic carbocycles. The highest BCUT2D eigenvalue weighted by Crippen LogP contribution is 2.22. The molecule has 0 unspecified atom stereocenters. The van der Waals surface area contributed by atoms with Crippen LogP contribution in [0.5, 0.6) is 11.5 Å². The molecule has 0 aliphatic carbocycles. The van der Waals surface area contributed by atoms with E-state index in [0.717, 1.165) is 24.9 Å². The third kappa shape index (κ3) is 4.61. The molecule has 6 nitrogen and oxygen atoms in total. The van der Waals surface area contributed by atoms with Gasteiger partial charge in [0.2, 0.25) is 0 Å². The van der Waals surface area contributed by atoms with E-state index in [1.165, 1.54) is 12.6 Å². The van der Waals surface area contributed by atoms with E-state index in [9.17, 15) is 4.79 Å². The Bertz CT molecular complexity index is 560. The molecule has 1 aliphatic heterocycles. The molecule has 23 heavy (non-hydrogen) atoms. The van der Waals surface area contributed by atoms with E-state index in [4.69, 9.17) is 14.3 Å². The van der Waals surface area contributed by atoms with Gasteiger partial charge in [0.15, 0.2) is 6.61 Å². The van der Waals surface area contributed by atoms with Gasteiger partial charge in [0, 0.05) is 18.2 Å². The normalized spacial score (nSPS) is 18.0. The number of likely N-dealkylation sites (tertiary alicyclic amines) is 1. The van der Waals surface area contributed by atoms with Crippen LogP contribution in [0, 0.1) is 0 Å². The van der Waals surface area contributed by atoms with Crippen LogP contribution in [0.15, 0.2) is 23.4 Å². The number of oxime groups is 1. The fourth-order valence-electron chi connectivity index (χ4n) is 2.68. The molecule has 1 fully saturated rings. The Morgan fingerprint density at radius 1 is 1.35 bits per heavy atom. The molecule has 1 heterocycles. The second kappa shape index (κ2) is 8.41. The molecule has 1 aliphatic rings. The van der Waals surface area contributed by atoms with E-state index in [1.54, 1.807) is 32.4 Å². The standard InChI is InChI=1S/C17H24N2O4/c1-13-6-4-5-9-19(13)17(20)12-23-18-11-14-10-15(21-2)7-8-16(14)22-3/h7-8,10-11,13H,4-6,9,12H2,1-3H3/b18-11-/t13-/m1/s1. The Morgan fingerprint density at radius 2 is 2.17 bits per heavy atom. The van der Waals surface area contributed by atoms with E-state index in [2.05, 4.69) is 12.1 Å². The van der Waals surface area contributed by atoms with Gasteiger partial charge in [-0.2, -0.15) is 0 Å². The summed E-state index contributed by atoms with van der Waals surface area (Å²) in [7, 11) is 3.18. The second-order valence-electron chi connectivity index (χ2n) is 5.55. The minimum atomic E-state index is -0.0485. The summed E-state index contributed by atoms with van der Waals surface area (Å²) in [6, 6.07) is 5.67. The smallest absolute Gasteiger partial charge is 0.263 e. The van der Waals surface area contributed by atoms with Gasteiger partial charge in [-0.15, -0.1) is 0 Å². The van der Waals surface area contributed by atoms with Crippen molar-refractivity contribution in [3.05, 3.63) is 23.8 Å². The molecule has 2 rings (SSSR count). The third-order valence-electron chi connectivity index (χ3n) is 4.01. The van der Waals surface area contributed by atoms with E-state index < -0.39 is 0 Å². The fraction of sp³-hybridized carbons (Fsp3) is 0.529. The predicted molar refractivity (Wildman–Crippen MR) is 88.1 cm³/mol. The maximum atomic E-state index is 12.1. The Kier molecular flexibility index (Phi) is 6.26. The molecule has 126 valence electrons. The molecule has 1 amide bonds. The molecule has 0 spiro atoms. The number of amides is 1. The molecular weight excluding hydrogens is 296 g/mol. The first-order valence-electron chi connectivity index (χ1n) is 7.82. The summed E-state index contributed by atoms with van der Waals surface area (Å²) in [4.78, 5) is 19.1. The van der Waals surface area contributed by atoms with Crippen LogP contribution in [0.1, 0.15) is 31.7 Å². The number of benzene rings is 1. The van der Waals surface area contributed by atoms with Gasteiger partial charge >= 0.3 is 0 Å². The molecule has 1 atom stereocenters. The summed E-state index contributed by atoms with van der Waals surface area (Å²) in [5.41, 5.74) is 0.727. The average molecular weight is 320 g/mol. The Labute approximate surface area is 137 Å². The molecule has 0 aromatic heterocycles. The van der Waals surface area contributed by atoms with Gasteiger partial charge in [-0.05, 0) is 44.4 Å². The number of methoxy groups -OCH3 is 2. The molecule has 0 radical (unpaired) electrons. The summed E-state index contributed by atoms with van der Waals surface area (Å²) >= 11 is 0. The van der Waals surface area contributed by atoms with Crippen molar-refractivity contribution in [1.29, 1.82) is 0 Å². The van der Waals surface area contributed by atoms with Crippen molar-refractivity contribution in [1.82, 2.24) is 4.90 Å². The first-order chi connectivity index (χ1) is 11.2. The van der Waals surface area contributed by atoms with Crippen LogP contribution in [0.25, 0.3) is 0 Å². The number of piperidine rings is 1. The number of carbonyl (C=O) groups excluding carboxylic acids is 1. The third-order valence-corrected chi connectivity index (χ3v) is 4.01. The van der Waals surface area contributed by atoms with Crippen LogP contribution < -0.4 is 9.47 Å². The van der Waals surface area contributed by atoms with Crippen molar-refractivity contribution in [2.75, 3.05) is 27.4 Å². The van der Waals surface area contributed by atoms with Crippen molar-refractivity contribution in [2.24, 2.45) is 5.16 Å². The lowest BCUT2D eigenvalue weighted by molar-refractivity contribution is -0.139. The van der Waals surface area contributed by atoms with Crippen LogP contribution >= 0.6 is 0 Å². The number of hydrogen-bond acceptors (Lipinski definition) is 5. The minimum Gasteiger partial charge on any atom is -0.497 e. The van der Waals surface area contributed by atoms with Crippen molar-refractivity contribution in [2.45, 2.75) is 32.2 Å². The Hall–Kier alpha value is -2.24. The maximum Gasteiger partial charge on any atom is 0.263 e. The zero-order chi connectivity index (χ0) is 16.7. The fourth-order valence-corrected chi connectivity index (χ4v) is 2.68. The highest BCUT2D eigenvalue weighted by molar-refractivity contribution is 5.84. The monoisotopic (exact) mass is 320 g/mol. The summed E-state index contributed by atoms with van der Waals surface area (Å²) in [5, 5.41) is 3.88. The van der Waals surface area contributed by atoms with Gasteiger partial charge in [0.05, 0.1) is 20.4 Å². The lowest BCUT2D eigenvalue weighted by atomic mass is 10.0. The highest BCUT2D eigenvalue weighted by Gasteiger charge is 2.23. The number of nitrogens with zero attached hydrogens (tertiary/aromatic N) is 2. The van der Waals surface area contributed by atoms with E-state index in [1.807, 2.05) is 4.90 Å². The van der Waals surface area contributed by atoms with Crippen molar-refractivity contribution in [3.8, 4) is 11.5 Å². The molecule has 1 saturated heterocycles. The van der Waals surface area contributed by atoms with Crippen molar-refractivity contribution >= 4 is 12.1 Å². The first-order valence-corrected chi connectivity index (χ1v) is 7.82.